The van der Waals surface area contributed by atoms with Gasteiger partial charge in [0.15, 0.2) is 18.2 Å². The molecule has 1 amide bonds. The number of rotatable bonds is 7. The van der Waals surface area contributed by atoms with E-state index in [2.05, 4.69) is 15.5 Å². The van der Waals surface area contributed by atoms with Crippen molar-refractivity contribution >= 4 is 34.9 Å². The third kappa shape index (κ3) is 4.82. The quantitative estimate of drug-likeness (QED) is 0.450. The number of aromatic nitrogens is 4. The van der Waals surface area contributed by atoms with E-state index in [0.29, 0.717) is 28.2 Å². The van der Waals surface area contributed by atoms with E-state index in [-0.39, 0.29) is 18.3 Å². The van der Waals surface area contributed by atoms with Gasteiger partial charge in [0.25, 0.3) is 5.91 Å². The van der Waals surface area contributed by atoms with Crippen LogP contribution in [0.1, 0.15) is 16.1 Å². The number of carbonyl (C=O) groups is 1. The van der Waals surface area contributed by atoms with E-state index in [1.807, 2.05) is 36.5 Å². The lowest BCUT2D eigenvalue weighted by atomic mass is 10.2. The zero-order valence-electron chi connectivity index (χ0n) is 15.7. The topological polar surface area (TPSA) is 74.0 Å². The third-order valence-electron chi connectivity index (χ3n) is 4.21. The summed E-state index contributed by atoms with van der Waals surface area (Å²) in [4.78, 5) is 12.5. The number of anilines is 1. The van der Waals surface area contributed by atoms with Gasteiger partial charge in [0.05, 0.1) is 11.6 Å². The van der Waals surface area contributed by atoms with Gasteiger partial charge in [-0.1, -0.05) is 59.6 Å². The molecule has 2 aromatic carbocycles. The molecule has 0 bridgehead atoms. The first kappa shape index (κ1) is 20.0. The number of halogens is 2. The Hall–Kier alpha value is -3.29. The number of benzene rings is 2. The molecule has 0 radical (unpaired) electrons. The monoisotopic (exact) mass is 441 g/mol. The van der Waals surface area contributed by atoms with Gasteiger partial charge >= 0.3 is 0 Å². The molecule has 152 valence electrons. The van der Waals surface area contributed by atoms with E-state index in [1.165, 1.54) is 4.68 Å². The minimum absolute atomic E-state index is 0.0824. The number of amides is 1. The van der Waals surface area contributed by atoms with Crippen molar-refractivity contribution in [2.24, 2.45) is 0 Å². The van der Waals surface area contributed by atoms with Crippen LogP contribution in [0.15, 0.2) is 73.1 Å². The predicted molar refractivity (Wildman–Crippen MR) is 115 cm³/mol. The molecular weight excluding hydrogens is 425 g/mol. The predicted octanol–water partition coefficient (Wildman–Crippen LogP) is 4.72. The van der Waals surface area contributed by atoms with Gasteiger partial charge in [-0.05, 0) is 23.8 Å². The molecule has 0 aliphatic rings. The Morgan fingerprint density at radius 2 is 1.73 bits per heavy atom. The number of nitrogens with one attached hydrogen (secondary N) is 1. The average Bonchev–Trinajstić information content (AvgIpc) is 3.39. The summed E-state index contributed by atoms with van der Waals surface area (Å²) in [6.45, 7) is 0.702. The van der Waals surface area contributed by atoms with Crippen LogP contribution in [0.25, 0.3) is 0 Å². The van der Waals surface area contributed by atoms with Crippen LogP contribution in [0, 0.1) is 0 Å². The lowest BCUT2D eigenvalue weighted by Crippen LogP contribution is -2.15. The summed E-state index contributed by atoms with van der Waals surface area (Å²) >= 11 is 12.1. The van der Waals surface area contributed by atoms with Crippen molar-refractivity contribution < 1.29 is 9.53 Å². The summed E-state index contributed by atoms with van der Waals surface area (Å²) in [6.07, 6.45) is 3.45. The first-order valence-electron chi connectivity index (χ1n) is 9.07. The second-order valence-corrected chi connectivity index (χ2v) is 7.19. The highest BCUT2D eigenvalue weighted by molar-refractivity contribution is 6.42. The van der Waals surface area contributed by atoms with E-state index in [4.69, 9.17) is 27.9 Å². The summed E-state index contributed by atoms with van der Waals surface area (Å²) < 4.78 is 8.85. The molecule has 4 aromatic rings. The number of ether oxygens (including phenoxy) is 1. The Bertz CT molecular complexity index is 1160. The fourth-order valence-electron chi connectivity index (χ4n) is 2.75. The summed E-state index contributed by atoms with van der Waals surface area (Å²) in [5, 5.41) is 12.1. The van der Waals surface area contributed by atoms with Crippen LogP contribution in [0.3, 0.4) is 0 Å². The molecule has 1 N–H and O–H groups in total. The Balaban J connectivity index is 1.34. The van der Waals surface area contributed by atoms with Crippen molar-refractivity contribution in [1.29, 1.82) is 0 Å². The van der Waals surface area contributed by atoms with E-state index < -0.39 is 0 Å². The molecule has 0 aliphatic carbocycles. The number of carbonyl (C=O) groups excluding carboxylic acids is 1. The van der Waals surface area contributed by atoms with Crippen molar-refractivity contribution in [2.75, 3.05) is 5.32 Å². The molecule has 9 heteroatoms. The smallest absolute Gasteiger partial charge is 0.277 e. The van der Waals surface area contributed by atoms with Crippen LogP contribution in [0.4, 0.5) is 5.82 Å². The molecular formula is C21H17Cl2N5O2. The molecule has 0 spiro atoms. The lowest BCUT2D eigenvalue weighted by molar-refractivity contribution is 0.101. The normalized spacial score (nSPS) is 10.7. The largest absolute Gasteiger partial charge is 0.470 e. The molecule has 0 saturated carbocycles. The summed E-state index contributed by atoms with van der Waals surface area (Å²) in [6, 6.07) is 18.4. The highest BCUT2D eigenvalue weighted by Gasteiger charge is 2.12. The van der Waals surface area contributed by atoms with E-state index in [9.17, 15) is 4.79 Å². The summed E-state index contributed by atoms with van der Waals surface area (Å²) in [5.41, 5.74) is 1.37. The van der Waals surface area contributed by atoms with E-state index in [1.54, 1.807) is 41.2 Å². The Morgan fingerprint density at radius 1 is 0.933 bits per heavy atom. The van der Waals surface area contributed by atoms with Gasteiger partial charge in [-0.15, -0.1) is 0 Å². The van der Waals surface area contributed by atoms with Gasteiger partial charge in [-0.25, -0.2) is 4.68 Å². The van der Waals surface area contributed by atoms with E-state index >= 15 is 0 Å². The zero-order valence-corrected chi connectivity index (χ0v) is 17.2. The van der Waals surface area contributed by atoms with E-state index in [0.717, 1.165) is 5.56 Å². The minimum Gasteiger partial charge on any atom is -0.470 e. The van der Waals surface area contributed by atoms with Crippen LogP contribution in [-0.2, 0) is 13.3 Å². The van der Waals surface area contributed by atoms with Gasteiger partial charge in [-0.2, -0.15) is 10.2 Å². The zero-order chi connectivity index (χ0) is 20.9. The number of hydrogen-bond donors (Lipinski definition) is 1. The van der Waals surface area contributed by atoms with Crippen LogP contribution in [-0.4, -0.2) is 25.5 Å². The molecule has 30 heavy (non-hydrogen) atoms. The average molecular weight is 442 g/mol. The minimum atomic E-state index is -0.362. The maximum Gasteiger partial charge on any atom is 0.277 e. The number of hydrogen-bond acceptors (Lipinski definition) is 4. The molecule has 0 aliphatic heterocycles. The Kier molecular flexibility index (Phi) is 6.02. The Labute approximate surface area is 182 Å². The van der Waals surface area contributed by atoms with Crippen molar-refractivity contribution in [3.05, 3.63) is 94.4 Å². The molecule has 4 rings (SSSR count). The molecule has 7 nitrogen and oxygen atoms in total. The van der Waals surface area contributed by atoms with Crippen LogP contribution in [0.2, 0.25) is 10.0 Å². The fourth-order valence-corrected chi connectivity index (χ4v) is 3.10. The van der Waals surface area contributed by atoms with Crippen molar-refractivity contribution in [3.63, 3.8) is 0 Å². The fraction of sp³-hybridized carbons (Fsp3) is 0.0952. The second-order valence-electron chi connectivity index (χ2n) is 6.40. The lowest BCUT2D eigenvalue weighted by Gasteiger charge is -2.08. The molecule has 0 fully saturated rings. The van der Waals surface area contributed by atoms with Gasteiger partial charge in [0.1, 0.15) is 10.8 Å². The van der Waals surface area contributed by atoms with Crippen molar-refractivity contribution in [3.8, 4) is 5.75 Å². The number of nitrogens with zero attached hydrogens (tertiary/aromatic N) is 4. The molecule has 0 unspecified atom stereocenters. The summed E-state index contributed by atoms with van der Waals surface area (Å²) in [5.74, 6) is 0.529. The van der Waals surface area contributed by atoms with Crippen molar-refractivity contribution in [1.82, 2.24) is 19.6 Å². The van der Waals surface area contributed by atoms with Gasteiger partial charge in [0, 0.05) is 18.5 Å². The van der Waals surface area contributed by atoms with Gasteiger partial charge in [0.2, 0.25) is 0 Å². The first-order valence-corrected chi connectivity index (χ1v) is 9.83. The second kappa shape index (κ2) is 9.02. The highest BCUT2D eigenvalue weighted by Crippen LogP contribution is 2.31. The first-order chi connectivity index (χ1) is 14.6. The van der Waals surface area contributed by atoms with Crippen LogP contribution < -0.4 is 10.1 Å². The Morgan fingerprint density at radius 3 is 2.57 bits per heavy atom. The molecule has 2 aromatic heterocycles. The summed E-state index contributed by atoms with van der Waals surface area (Å²) in [7, 11) is 0. The van der Waals surface area contributed by atoms with Crippen LogP contribution >= 0.6 is 23.2 Å². The van der Waals surface area contributed by atoms with Gasteiger partial charge < -0.3 is 10.1 Å². The molecule has 2 heterocycles. The maximum absolute atomic E-state index is 12.5. The van der Waals surface area contributed by atoms with Crippen LogP contribution in [0.5, 0.6) is 5.75 Å². The SMILES string of the molecule is O=C(Nc1ccn(Cc2ccccc2)n1)c1ccn(COc2cccc(Cl)c2Cl)n1. The molecule has 0 saturated heterocycles. The van der Waals surface area contributed by atoms with Crippen molar-refractivity contribution in [2.45, 2.75) is 13.3 Å². The van der Waals surface area contributed by atoms with Gasteiger partial charge in [-0.3, -0.25) is 9.48 Å². The third-order valence-corrected chi connectivity index (χ3v) is 5.01. The maximum atomic E-state index is 12.5. The highest BCUT2D eigenvalue weighted by atomic mass is 35.5. The molecule has 0 atom stereocenters. The standard InChI is InChI=1S/C21H17Cl2N5O2/c22-16-7-4-8-18(20(16)23)30-14-28-11-9-17(25-28)21(29)24-19-10-12-27(26-19)13-15-5-2-1-3-6-15/h1-12H,13-14H2,(H,24,26,29).